The molecule has 1 aliphatic rings. The lowest BCUT2D eigenvalue weighted by Gasteiger charge is -2.32. The van der Waals surface area contributed by atoms with Gasteiger partial charge in [0, 0.05) is 12.2 Å². The molecule has 166 valence electrons. The zero-order chi connectivity index (χ0) is 23.5. The summed E-state index contributed by atoms with van der Waals surface area (Å²) < 4.78 is 0. The van der Waals surface area contributed by atoms with Crippen molar-refractivity contribution in [2.45, 2.75) is 58.4 Å². The number of unbranched alkanes of at least 4 members (excludes halogenated alkanes) is 4. The first-order valence-electron chi connectivity index (χ1n) is 11.0. The van der Waals surface area contributed by atoms with Crippen LogP contribution in [0.5, 0.6) is 0 Å². The van der Waals surface area contributed by atoms with Crippen LogP contribution in [0.1, 0.15) is 57.9 Å². The number of allylic oxidation sites excluding steroid dienone is 2. The Morgan fingerprint density at radius 1 is 1.06 bits per heavy atom. The van der Waals surface area contributed by atoms with Crippen molar-refractivity contribution in [3.05, 3.63) is 46.7 Å². The molecule has 0 saturated heterocycles. The van der Waals surface area contributed by atoms with Gasteiger partial charge < -0.3 is 15.3 Å². The lowest BCUT2D eigenvalue weighted by Crippen LogP contribution is -2.38. The second-order valence-corrected chi connectivity index (χ2v) is 7.69. The molecule has 1 atom stereocenters. The van der Waals surface area contributed by atoms with Gasteiger partial charge in [-0.1, -0.05) is 51.7 Å². The van der Waals surface area contributed by atoms with Gasteiger partial charge in [0.2, 0.25) is 0 Å². The summed E-state index contributed by atoms with van der Waals surface area (Å²) in [5.41, 5.74) is 1.28. The fourth-order valence-corrected chi connectivity index (χ4v) is 3.86. The van der Waals surface area contributed by atoms with Crippen molar-refractivity contribution in [2.75, 3.05) is 18.1 Å². The quantitative estimate of drug-likeness (QED) is 0.404. The average molecular weight is 432 g/mol. The number of aliphatic hydroxyl groups excluding tert-OH is 1. The molecular formula is C25H29N5O2. The van der Waals surface area contributed by atoms with E-state index in [-0.39, 0.29) is 35.1 Å². The van der Waals surface area contributed by atoms with Gasteiger partial charge in [0.15, 0.2) is 5.57 Å². The van der Waals surface area contributed by atoms with E-state index in [9.17, 15) is 15.2 Å². The molecule has 7 heteroatoms. The van der Waals surface area contributed by atoms with Crippen LogP contribution >= 0.6 is 0 Å². The van der Waals surface area contributed by atoms with Crippen LogP contribution in [0.3, 0.4) is 0 Å². The van der Waals surface area contributed by atoms with Crippen molar-refractivity contribution in [3.8, 4) is 18.2 Å². The third-order valence-corrected chi connectivity index (χ3v) is 5.66. The summed E-state index contributed by atoms with van der Waals surface area (Å²) in [6.07, 6.45) is 6.58. The fourth-order valence-electron chi connectivity index (χ4n) is 3.86. The summed E-state index contributed by atoms with van der Waals surface area (Å²) >= 11 is 0. The van der Waals surface area contributed by atoms with E-state index < -0.39 is 5.91 Å². The van der Waals surface area contributed by atoms with E-state index in [1.54, 1.807) is 24.3 Å². The number of nitriles is 3. The summed E-state index contributed by atoms with van der Waals surface area (Å²) in [7, 11) is 0. The molecule has 32 heavy (non-hydrogen) atoms. The summed E-state index contributed by atoms with van der Waals surface area (Å²) in [6.45, 7) is 5.11. The highest BCUT2D eigenvalue weighted by Crippen LogP contribution is 2.31. The second-order valence-electron chi connectivity index (χ2n) is 7.69. The van der Waals surface area contributed by atoms with Crippen LogP contribution in [-0.4, -0.2) is 30.2 Å². The van der Waals surface area contributed by atoms with Crippen LogP contribution in [0.25, 0.3) is 5.57 Å². The minimum atomic E-state index is -0.512. The maximum Gasteiger partial charge on any atom is 0.257 e. The van der Waals surface area contributed by atoms with Crippen LogP contribution in [0.2, 0.25) is 0 Å². The molecule has 2 rings (SSSR count). The highest BCUT2D eigenvalue weighted by Gasteiger charge is 2.31. The number of aliphatic hydroxyl groups is 1. The van der Waals surface area contributed by atoms with Crippen LogP contribution in [0, 0.1) is 34.0 Å². The number of amides is 1. The number of carbonyl (C=O) groups excluding carboxylic acids is 1. The van der Waals surface area contributed by atoms with Gasteiger partial charge in [-0.15, -0.1) is 0 Å². The maximum atomic E-state index is 12.5. The van der Waals surface area contributed by atoms with E-state index in [0.29, 0.717) is 5.56 Å². The van der Waals surface area contributed by atoms with Gasteiger partial charge >= 0.3 is 0 Å². The third-order valence-electron chi connectivity index (χ3n) is 5.66. The molecule has 1 amide bonds. The number of benzene rings is 1. The molecule has 0 spiro atoms. The van der Waals surface area contributed by atoms with Gasteiger partial charge in [0.25, 0.3) is 5.91 Å². The molecule has 1 aliphatic heterocycles. The highest BCUT2D eigenvalue weighted by molar-refractivity contribution is 6.26. The minimum absolute atomic E-state index is 0.000888. The lowest BCUT2D eigenvalue weighted by molar-refractivity contribution is -0.114. The summed E-state index contributed by atoms with van der Waals surface area (Å²) in [5, 5.41) is 40.1. The molecule has 7 nitrogen and oxygen atoms in total. The molecule has 0 radical (unpaired) electrons. The number of rotatable bonds is 11. The second kappa shape index (κ2) is 12.3. The predicted molar refractivity (Wildman–Crippen MR) is 123 cm³/mol. The van der Waals surface area contributed by atoms with Crippen molar-refractivity contribution in [2.24, 2.45) is 0 Å². The number of hydrogen-bond donors (Lipinski definition) is 2. The SMILES string of the molecule is CCCCCCCN(c1ccc(C2=C(C#N)C(=C(C#N)C#N)NC2=O)cc1)C(CC)CO. The van der Waals surface area contributed by atoms with Crippen molar-refractivity contribution < 1.29 is 9.90 Å². The smallest absolute Gasteiger partial charge is 0.257 e. The lowest BCUT2D eigenvalue weighted by atomic mass is 9.99. The van der Waals surface area contributed by atoms with Gasteiger partial charge in [-0.2, -0.15) is 15.8 Å². The number of anilines is 1. The molecule has 0 aromatic heterocycles. The van der Waals surface area contributed by atoms with Crippen molar-refractivity contribution in [1.29, 1.82) is 15.8 Å². The summed E-state index contributed by atoms with van der Waals surface area (Å²) in [4.78, 5) is 14.7. The van der Waals surface area contributed by atoms with Crippen LogP contribution in [0.4, 0.5) is 5.69 Å². The van der Waals surface area contributed by atoms with Crippen molar-refractivity contribution in [1.82, 2.24) is 5.32 Å². The molecule has 1 unspecified atom stereocenters. The van der Waals surface area contributed by atoms with Gasteiger partial charge in [-0.25, -0.2) is 0 Å². The van der Waals surface area contributed by atoms with Crippen molar-refractivity contribution in [3.63, 3.8) is 0 Å². The fraction of sp³-hybridized carbons (Fsp3) is 0.440. The van der Waals surface area contributed by atoms with E-state index >= 15 is 0 Å². The van der Waals surface area contributed by atoms with Gasteiger partial charge in [0.1, 0.15) is 18.2 Å². The predicted octanol–water partition coefficient (Wildman–Crippen LogP) is 3.94. The minimum Gasteiger partial charge on any atom is -0.394 e. The Balaban J connectivity index is 2.35. The van der Waals surface area contributed by atoms with Crippen molar-refractivity contribution >= 4 is 17.2 Å². The number of hydrogen-bond acceptors (Lipinski definition) is 6. The Kier molecular flexibility index (Phi) is 9.48. The largest absolute Gasteiger partial charge is 0.394 e. The summed E-state index contributed by atoms with van der Waals surface area (Å²) in [6, 6.07) is 12.7. The molecule has 1 heterocycles. The Morgan fingerprint density at radius 2 is 1.72 bits per heavy atom. The Hall–Kier alpha value is -3.60. The number of nitrogens with one attached hydrogen (secondary N) is 1. The van der Waals surface area contributed by atoms with Gasteiger partial charge in [-0.3, -0.25) is 4.79 Å². The standard InChI is InChI=1S/C25H29N5O2/c1-3-5-6-7-8-13-30(20(4-2)17-31)21-11-9-18(10-12-21)23-22(16-28)24(29-25(23)32)19(14-26)15-27/h9-12,20,31H,3-8,13,17H2,1-2H3,(H,29,32). The van der Waals surface area contributed by atoms with E-state index in [1.807, 2.05) is 25.1 Å². The molecule has 2 N–H and O–H groups in total. The Bertz CT molecular complexity index is 983. The zero-order valence-electron chi connectivity index (χ0n) is 18.7. The molecule has 0 saturated carbocycles. The Labute approximate surface area is 189 Å². The first-order valence-corrected chi connectivity index (χ1v) is 11.0. The monoisotopic (exact) mass is 431 g/mol. The average Bonchev–Trinajstić information content (AvgIpc) is 3.15. The van der Waals surface area contributed by atoms with E-state index in [0.717, 1.165) is 31.5 Å². The zero-order valence-corrected chi connectivity index (χ0v) is 18.7. The van der Waals surface area contributed by atoms with Crippen LogP contribution in [0.15, 0.2) is 41.1 Å². The maximum absolute atomic E-state index is 12.5. The molecule has 1 aromatic carbocycles. The first kappa shape index (κ1) is 24.7. The van der Waals surface area contributed by atoms with Crippen LogP contribution < -0.4 is 10.2 Å². The van der Waals surface area contributed by atoms with Gasteiger partial charge in [-0.05, 0) is 30.5 Å². The normalized spacial score (nSPS) is 13.8. The molecule has 0 fully saturated rings. The van der Waals surface area contributed by atoms with E-state index in [2.05, 4.69) is 17.1 Å². The number of carbonyl (C=O) groups is 1. The molecule has 1 aromatic rings. The Morgan fingerprint density at radius 3 is 2.25 bits per heavy atom. The third kappa shape index (κ3) is 5.55. The molecular weight excluding hydrogens is 402 g/mol. The number of nitrogens with zero attached hydrogens (tertiary/aromatic N) is 4. The summed E-state index contributed by atoms with van der Waals surface area (Å²) in [5.74, 6) is -0.512. The van der Waals surface area contributed by atoms with E-state index in [4.69, 9.17) is 10.5 Å². The first-order chi connectivity index (χ1) is 15.6. The molecule has 0 aliphatic carbocycles. The van der Waals surface area contributed by atoms with Crippen LogP contribution in [-0.2, 0) is 4.79 Å². The topological polar surface area (TPSA) is 124 Å². The van der Waals surface area contributed by atoms with Gasteiger partial charge in [0.05, 0.1) is 29.5 Å². The van der Waals surface area contributed by atoms with E-state index in [1.165, 1.54) is 19.3 Å². The highest BCUT2D eigenvalue weighted by atomic mass is 16.3. The molecule has 0 bridgehead atoms.